The van der Waals surface area contributed by atoms with Gasteiger partial charge in [-0.15, -0.1) is 0 Å². The maximum Gasteiger partial charge on any atom is 0.326 e. The first kappa shape index (κ1) is 24.4. The number of carboxylic acid groups (broad SMARTS) is 1. The van der Waals surface area contributed by atoms with Gasteiger partial charge in [0.2, 0.25) is 17.7 Å². The number of aromatic nitrogens is 2. The first-order valence-corrected chi connectivity index (χ1v) is 9.00. The summed E-state index contributed by atoms with van der Waals surface area (Å²) in [7, 11) is 0. The van der Waals surface area contributed by atoms with E-state index in [-0.39, 0.29) is 31.8 Å². The zero-order valence-electron chi connectivity index (χ0n) is 16.2. The fourth-order valence-corrected chi connectivity index (χ4v) is 2.45. The molecule has 14 nitrogen and oxygen atoms in total. The number of rotatable bonds is 13. The number of aliphatic imine (C=N–C) groups is 1. The van der Waals surface area contributed by atoms with Crippen molar-refractivity contribution in [3.63, 3.8) is 0 Å². The Labute approximate surface area is 171 Å². The number of hydrogen-bond donors (Lipinski definition) is 8. The number of nitrogens with one attached hydrogen (secondary N) is 3. The summed E-state index contributed by atoms with van der Waals surface area (Å²) in [4.78, 5) is 57.8. The highest BCUT2D eigenvalue weighted by molar-refractivity contribution is 5.94. The van der Waals surface area contributed by atoms with Gasteiger partial charge in [0, 0.05) is 24.9 Å². The third-order valence-electron chi connectivity index (χ3n) is 3.93. The fraction of sp³-hybridized carbons (Fsp3) is 0.500. The predicted octanol–water partition coefficient (Wildman–Crippen LogP) is -3.74. The molecule has 0 bridgehead atoms. The second-order valence-corrected chi connectivity index (χ2v) is 6.47. The van der Waals surface area contributed by atoms with Crippen molar-refractivity contribution in [2.24, 2.45) is 27.9 Å². The van der Waals surface area contributed by atoms with Crippen LogP contribution in [0.25, 0.3) is 0 Å². The van der Waals surface area contributed by atoms with E-state index in [1.165, 1.54) is 12.5 Å². The lowest BCUT2D eigenvalue weighted by Gasteiger charge is -2.22. The average molecular weight is 425 g/mol. The van der Waals surface area contributed by atoms with Gasteiger partial charge in [-0.25, -0.2) is 9.78 Å². The summed E-state index contributed by atoms with van der Waals surface area (Å²) < 4.78 is 0. The fourth-order valence-electron chi connectivity index (χ4n) is 2.45. The Hall–Kier alpha value is -3.68. The number of hydrogen-bond acceptors (Lipinski definition) is 7. The largest absolute Gasteiger partial charge is 0.480 e. The van der Waals surface area contributed by atoms with Crippen LogP contribution in [0, 0.1) is 0 Å². The molecule has 0 saturated carbocycles. The van der Waals surface area contributed by atoms with Crippen molar-refractivity contribution in [2.45, 2.75) is 43.8 Å². The molecule has 1 aromatic rings. The van der Waals surface area contributed by atoms with Gasteiger partial charge in [0.05, 0.1) is 18.8 Å². The number of carbonyl (C=O) groups is 4. The summed E-state index contributed by atoms with van der Waals surface area (Å²) in [6, 6.07) is -3.71. The Bertz CT molecular complexity index is 761. The number of guanidine groups is 1. The predicted molar refractivity (Wildman–Crippen MR) is 105 cm³/mol. The summed E-state index contributed by atoms with van der Waals surface area (Å²) in [6.07, 6.45) is 2.78. The highest BCUT2D eigenvalue weighted by Gasteiger charge is 2.29. The Kier molecular flexibility index (Phi) is 9.75. The van der Waals surface area contributed by atoms with Crippen LogP contribution in [-0.2, 0) is 25.6 Å². The van der Waals surface area contributed by atoms with E-state index in [1.54, 1.807) is 0 Å². The summed E-state index contributed by atoms with van der Waals surface area (Å²) in [5.41, 5.74) is 21.9. The van der Waals surface area contributed by atoms with Crippen LogP contribution in [0.2, 0.25) is 0 Å². The monoisotopic (exact) mass is 425 g/mol. The van der Waals surface area contributed by atoms with Gasteiger partial charge in [0.15, 0.2) is 5.96 Å². The van der Waals surface area contributed by atoms with E-state index in [0.717, 1.165) is 0 Å². The number of imidazole rings is 1. The molecule has 1 rings (SSSR count). The molecule has 12 N–H and O–H groups in total. The van der Waals surface area contributed by atoms with Gasteiger partial charge >= 0.3 is 5.97 Å². The summed E-state index contributed by atoms with van der Waals surface area (Å²) in [5.74, 6) is -3.90. The molecule has 1 heterocycles. The number of aliphatic carboxylic acids is 1. The third kappa shape index (κ3) is 9.01. The van der Waals surface area contributed by atoms with Crippen LogP contribution >= 0.6 is 0 Å². The Morgan fingerprint density at radius 2 is 1.80 bits per heavy atom. The number of aromatic amines is 1. The third-order valence-corrected chi connectivity index (χ3v) is 3.93. The van der Waals surface area contributed by atoms with Crippen LogP contribution in [0.15, 0.2) is 17.5 Å². The SMILES string of the molecule is NC(=O)C[C@H](NC(=O)[C@@H](N)Cc1cnc[nH]1)C(=O)N[C@@H](CCCN=C(N)N)C(=O)O. The molecule has 0 fully saturated rings. The summed E-state index contributed by atoms with van der Waals surface area (Å²) in [5, 5.41) is 13.9. The molecule has 166 valence electrons. The van der Waals surface area contributed by atoms with Gasteiger partial charge in [-0.1, -0.05) is 0 Å². The smallest absolute Gasteiger partial charge is 0.326 e. The minimum Gasteiger partial charge on any atom is -0.480 e. The van der Waals surface area contributed by atoms with Gasteiger partial charge in [0.25, 0.3) is 0 Å². The van der Waals surface area contributed by atoms with Crippen LogP contribution in [0.4, 0.5) is 0 Å². The molecule has 0 aliphatic carbocycles. The lowest BCUT2D eigenvalue weighted by Crippen LogP contribution is -2.55. The Balaban J connectivity index is 2.73. The van der Waals surface area contributed by atoms with Crippen molar-refractivity contribution in [2.75, 3.05) is 6.54 Å². The minimum atomic E-state index is -1.39. The van der Waals surface area contributed by atoms with Gasteiger partial charge in [-0.05, 0) is 12.8 Å². The lowest BCUT2D eigenvalue weighted by atomic mass is 10.1. The van der Waals surface area contributed by atoms with Crippen LogP contribution in [-0.4, -0.2) is 69.4 Å². The molecule has 0 saturated heterocycles. The van der Waals surface area contributed by atoms with Crippen LogP contribution in [0.3, 0.4) is 0 Å². The first-order valence-electron chi connectivity index (χ1n) is 9.00. The van der Waals surface area contributed by atoms with Crippen molar-refractivity contribution in [1.82, 2.24) is 20.6 Å². The van der Waals surface area contributed by atoms with E-state index >= 15 is 0 Å². The van der Waals surface area contributed by atoms with E-state index in [9.17, 15) is 24.3 Å². The van der Waals surface area contributed by atoms with Crippen LogP contribution in [0.1, 0.15) is 25.0 Å². The summed E-state index contributed by atoms with van der Waals surface area (Å²) in [6.45, 7) is 0.173. The number of carboxylic acids is 1. The van der Waals surface area contributed by atoms with E-state index in [4.69, 9.17) is 22.9 Å². The molecule has 0 unspecified atom stereocenters. The normalized spacial score (nSPS) is 13.5. The molecule has 0 radical (unpaired) electrons. The van der Waals surface area contributed by atoms with E-state index < -0.39 is 48.2 Å². The van der Waals surface area contributed by atoms with Gasteiger partial charge < -0.3 is 43.7 Å². The second kappa shape index (κ2) is 12.0. The van der Waals surface area contributed by atoms with E-state index in [0.29, 0.717) is 5.69 Å². The number of amides is 3. The molecule has 14 heteroatoms. The zero-order valence-corrected chi connectivity index (χ0v) is 16.2. The van der Waals surface area contributed by atoms with Crippen molar-refractivity contribution in [1.29, 1.82) is 0 Å². The molecular weight excluding hydrogens is 398 g/mol. The second-order valence-electron chi connectivity index (χ2n) is 6.47. The quantitative estimate of drug-likeness (QED) is 0.0875. The zero-order chi connectivity index (χ0) is 22.7. The van der Waals surface area contributed by atoms with Crippen molar-refractivity contribution in [3.05, 3.63) is 18.2 Å². The van der Waals surface area contributed by atoms with Crippen LogP contribution < -0.4 is 33.6 Å². The maximum atomic E-state index is 12.5. The Morgan fingerprint density at radius 3 is 2.33 bits per heavy atom. The molecule has 0 spiro atoms. The number of nitrogens with two attached hydrogens (primary N) is 4. The first-order chi connectivity index (χ1) is 14.1. The average Bonchev–Trinajstić information content (AvgIpc) is 3.15. The highest BCUT2D eigenvalue weighted by atomic mass is 16.4. The molecule has 30 heavy (non-hydrogen) atoms. The van der Waals surface area contributed by atoms with Gasteiger partial charge in [0.1, 0.15) is 12.1 Å². The topological polar surface area (TPSA) is 258 Å². The summed E-state index contributed by atoms with van der Waals surface area (Å²) >= 11 is 0. The number of nitrogens with zero attached hydrogens (tertiary/aromatic N) is 2. The molecule has 0 aliphatic rings. The number of primary amides is 1. The van der Waals surface area contributed by atoms with E-state index in [2.05, 4.69) is 25.6 Å². The highest BCUT2D eigenvalue weighted by Crippen LogP contribution is 2.03. The number of H-pyrrole nitrogens is 1. The van der Waals surface area contributed by atoms with Crippen molar-refractivity contribution < 1.29 is 24.3 Å². The standard InChI is InChI=1S/C16H27N9O5/c17-9(4-8-6-21-7-23-8)13(27)25-11(5-12(18)26)14(28)24-10(15(29)30)2-1-3-22-16(19)20/h6-7,9-11H,1-5,17H2,(H2,18,26)(H,21,23)(H,24,28)(H,25,27)(H,29,30)(H4,19,20,22)/t9-,10-,11-/m0/s1. The van der Waals surface area contributed by atoms with Gasteiger partial charge in [-0.3, -0.25) is 19.4 Å². The molecule has 3 atom stereocenters. The maximum absolute atomic E-state index is 12.5. The molecule has 1 aromatic heterocycles. The van der Waals surface area contributed by atoms with E-state index in [1.807, 2.05) is 0 Å². The van der Waals surface area contributed by atoms with Crippen molar-refractivity contribution >= 4 is 29.7 Å². The van der Waals surface area contributed by atoms with Crippen LogP contribution in [0.5, 0.6) is 0 Å². The minimum absolute atomic E-state index is 0.0223. The lowest BCUT2D eigenvalue weighted by molar-refractivity contribution is -0.142. The molecule has 0 aliphatic heterocycles. The Morgan fingerprint density at radius 1 is 1.13 bits per heavy atom. The van der Waals surface area contributed by atoms with Crippen molar-refractivity contribution in [3.8, 4) is 0 Å². The van der Waals surface area contributed by atoms with Gasteiger partial charge in [-0.2, -0.15) is 0 Å². The number of carbonyl (C=O) groups excluding carboxylic acids is 3. The molecular formula is C16H27N9O5. The molecule has 3 amide bonds. The molecule has 0 aromatic carbocycles.